The first-order chi connectivity index (χ1) is 16.4. The zero-order valence-electron chi connectivity index (χ0n) is 21.1. The highest BCUT2D eigenvalue weighted by molar-refractivity contribution is 7.92. The number of amides is 2. The monoisotopic (exact) mass is 521 g/mol. The van der Waals surface area contributed by atoms with E-state index in [0.29, 0.717) is 36.1 Å². The van der Waals surface area contributed by atoms with Gasteiger partial charge in [0.1, 0.15) is 6.04 Å². The van der Waals surface area contributed by atoms with Crippen molar-refractivity contribution in [3.8, 4) is 0 Å². The number of benzene rings is 2. The Bertz CT molecular complexity index is 1110. The van der Waals surface area contributed by atoms with Gasteiger partial charge in [-0.1, -0.05) is 61.8 Å². The molecule has 0 aliphatic heterocycles. The maximum atomic E-state index is 13.3. The molecule has 0 radical (unpaired) electrons. The number of anilines is 1. The average Bonchev–Trinajstić information content (AvgIpc) is 2.79. The molecule has 192 valence electrons. The lowest BCUT2D eigenvalue weighted by Crippen LogP contribution is -2.48. The summed E-state index contributed by atoms with van der Waals surface area (Å²) in [6, 6.07) is 13.9. The third-order valence-corrected chi connectivity index (χ3v) is 7.05. The predicted molar refractivity (Wildman–Crippen MR) is 142 cm³/mol. The summed E-state index contributed by atoms with van der Waals surface area (Å²) in [5, 5.41) is 3.33. The number of carbonyl (C=O) groups is 2. The quantitative estimate of drug-likeness (QED) is 0.449. The lowest BCUT2D eigenvalue weighted by atomic mass is 10.1. The SMILES string of the molecule is Cc1ccc(Cl)cc1N(CCCC(=O)N(Cc1ccccc1)[C@H](C)C(=O)NCC(C)C)S(C)(=O)=O. The molecule has 0 bridgehead atoms. The molecule has 0 fully saturated rings. The first-order valence-electron chi connectivity index (χ1n) is 11.7. The number of rotatable bonds is 12. The Balaban J connectivity index is 2.16. The highest BCUT2D eigenvalue weighted by atomic mass is 35.5. The Morgan fingerprint density at radius 3 is 2.31 bits per heavy atom. The lowest BCUT2D eigenvalue weighted by molar-refractivity contribution is -0.140. The Morgan fingerprint density at radius 2 is 1.71 bits per heavy atom. The zero-order valence-corrected chi connectivity index (χ0v) is 22.7. The van der Waals surface area contributed by atoms with Crippen molar-refractivity contribution in [3.63, 3.8) is 0 Å². The maximum Gasteiger partial charge on any atom is 0.242 e. The summed E-state index contributed by atoms with van der Waals surface area (Å²) < 4.78 is 26.3. The van der Waals surface area contributed by atoms with Crippen LogP contribution in [-0.2, 0) is 26.2 Å². The summed E-state index contributed by atoms with van der Waals surface area (Å²) in [7, 11) is -3.58. The molecule has 35 heavy (non-hydrogen) atoms. The summed E-state index contributed by atoms with van der Waals surface area (Å²) in [4.78, 5) is 27.6. The molecule has 0 aliphatic carbocycles. The van der Waals surface area contributed by atoms with Gasteiger partial charge in [-0.15, -0.1) is 0 Å². The number of nitrogens with zero attached hydrogens (tertiary/aromatic N) is 2. The van der Waals surface area contributed by atoms with E-state index in [1.54, 1.807) is 30.0 Å². The molecule has 1 atom stereocenters. The maximum absolute atomic E-state index is 13.3. The molecule has 2 amide bonds. The van der Waals surface area contributed by atoms with Crippen LogP contribution in [0.15, 0.2) is 48.5 Å². The summed E-state index contributed by atoms with van der Waals surface area (Å²) in [5.41, 5.74) is 2.18. The van der Waals surface area contributed by atoms with Crippen molar-refractivity contribution in [2.24, 2.45) is 5.92 Å². The average molecular weight is 522 g/mol. The van der Waals surface area contributed by atoms with Crippen LogP contribution in [-0.4, -0.2) is 50.5 Å². The number of carbonyl (C=O) groups excluding carboxylic acids is 2. The second-order valence-corrected chi connectivity index (χ2v) is 11.5. The van der Waals surface area contributed by atoms with Crippen molar-refractivity contribution in [2.75, 3.05) is 23.7 Å². The Hall–Kier alpha value is -2.58. The van der Waals surface area contributed by atoms with Gasteiger partial charge in [0.05, 0.1) is 11.9 Å². The first kappa shape index (κ1) is 28.7. The van der Waals surface area contributed by atoms with Gasteiger partial charge in [-0.25, -0.2) is 8.42 Å². The predicted octanol–water partition coefficient (Wildman–Crippen LogP) is 4.38. The second-order valence-electron chi connectivity index (χ2n) is 9.19. The fourth-order valence-electron chi connectivity index (χ4n) is 3.65. The molecular formula is C26H36ClN3O4S. The molecule has 0 spiro atoms. The molecule has 0 aliphatic rings. The van der Waals surface area contributed by atoms with E-state index in [1.807, 2.05) is 51.1 Å². The number of aryl methyl sites for hydroxylation is 1. The largest absolute Gasteiger partial charge is 0.354 e. The smallest absolute Gasteiger partial charge is 0.242 e. The van der Waals surface area contributed by atoms with Crippen molar-refractivity contribution in [2.45, 2.75) is 53.1 Å². The number of halogens is 1. The van der Waals surface area contributed by atoms with Gasteiger partial charge in [-0.2, -0.15) is 0 Å². The number of nitrogens with one attached hydrogen (secondary N) is 1. The summed E-state index contributed by atoms with van der Waals surface area (Å²) in [6.45, 7) is 8.49. The van der Waals surface area contributed by atoms with Crippen LogP contribution < -0.4 is 9.62 Å². The van der Waals surface area contributed by atoms with E-state index in [1.165, 1.54) is 4.31 Å². The Morgan fingerprint density at radius 1 is 1.06 bits per heavy atom. The zero-order chi connectivity index (χ0) is 26.2. The molecule has 0 saturated carbocycles. The van der Waals surface area contributed by atoms with Crippen molar-refractivity contribution in [1.82, 2.24) is 10.2 Å². The third-order valence-electron chi connectivity index (χ3n) is 5.64. The molecule has 2 aromatic carbocycles. The van der Waals surface area contributed by atoms with Crippen LogP contribution in [0.5, 0.6) is 0 Å². The Kier molecular flexibility index (Phi) is 10.6. The van der Waals surface area contributed by atoms with Crippen LogP contribution in [0, 0.1) is 12.8 Å². The van der Waals surface area contributed by atoms with Crippen LogP contribution in [0.1, 0.15) is 44.7 Å². The van der Waals surface area contributed by atoms with E-state index in [0.717, 1.165) is 17.4 Å². The minimum Gasteiger partial charge on any atom is -0.354 e. The molecule has 7 nitrogen and oxygen atoms in total. The van der Waals surface area contributed by atoms with Crippen molar-refractivity contribution in [3.05, 3.63) is 64.7 Å². The third kappa shape index (κ3) is 8.85. The topological polar surface area (TPSA) is 86.8 Å². The van der Waals surface area contributed by atoms with Gasteiger partial charge >= 0.3 is 0 Å². The molecular weight excluding hydrogens is 486 g/mol. The fourth-order valence-corrected chi connectivity index (χ4v) is 4.83. The molecule has 2 rings (SSSR count). The van der Waals surface area contributed by atoms with Gasteiger partial charge in [0.25, 0.3) is 0 Å². The van der Waals surface area contributed by atoms with Crippen LogP contribution in [0.25, 0.3) is 0 Å². The lowest BCUT2D eigenvalue weighted by Gasteiger charge is -2.30. The van der Waals surface area contributed by atoms with E-state index in [9.17, 15) is 18.0 Å². The minimum absolute atomic E-state index is 0.0975. The van der Waals surface area contributed by atoms with E-state index in [-0.39, 0.29) is 24.8 Å². The van der Waals surface area contributed by atoms with E-state index < -0.39 is 16.1 Å². The summed E-state index contributed by atoms with van der Waals surface area (Å²) >= 11 is 6.10. The molecule has 0 heterocycles. The molecule has 0 unspecified atom stereocenters. The van der Waals surface area contributed by atoms with Gasteiger partial charge in [0.2, 0.25) is 21.8 Å². The molecule has 0 aromatic heterocycles. The number of hydrogen-bond acceptors (Lipinski definition) is 4. The van der Waals surface area contributed by atoms with Crippen molar-refractivity contribution in [1.29, 1.82) is 0 Å². The number of sulfonamides is 1. The minimum atomic E-state index is -3.58. The van der Waals surface area contributed by atoms with E-state index >= 15 is 0 Å². The van der Waals surface area contributed by atoms with E-state index in [4.69, 9.17) is 11.6 Å². The van der Waals surface area contributed by atoms with Crippen LogP contribution in [0.2, 0.25) is 5.02 Å². The second kappa shape index (κ2) is 12.9. The summed E-state index contributed by atoms with van der Waals surface area (Å²) in [5.74, 6) is -0.131. The standard InChI is InChI=1S/C26H36ClN3O4S/c1-19(2)17-28-26(32)21(4)29(18-22-10-7-6-8-11-22)25(31)12-9-15-30(35(5,33)34)24-16-23(27)14-13-20(24)3/h6-8,10-11,13-14,16,19,21H,9,12,15,17-18H2,1-5H3,(H,28,32)/t21-/m1/s1. The molecule has 9 heteroatoms. The molecule has 1 N–H and O–H groups in total. The van der Waals surface area contributed by atoms with Gasteiger partial charge in [-0.05, 0) is 49.4 Å². The highest BCUT2D eigenvalue weighted by Crippen LogP contribution is 2.27. The van der Waals surface area contributed by atoms with Crippen LogP contribution >= 0.6 is 11.6 Å². The fraction of sp³-hybridized carbons (Fsp3) is 0.462. The van der Waals surface area contributed by atoms with E-state index in [2.05, 4.69) is 5.32 Å². The highest BCUT2D eigenvalue weighted by Gasteiger charge is 2.27. The van der Waals surface area contributed by atoms with Crippen molar-refractivity contribution < 1.29 is 18.0 Å². The van der Waals surface area contributed by atoms with Crippen molar-refractivity contribution >= 4 is 39.1 Å². The van der Waals surface area contributed by atoms with Crippen LogP contribution in [0.4, 0.5) is 5.69 Å². The normalized spacial score (nSPS) is 12.3. The van der Waals surface area contributed by atoms with Gasteiger partial charge in [-0.3, -0.25) is 13.9 Å². The molecule has 2 aromatic rings. The molecule has 0 saturated heterocycles. The van der Waals surface area contributed by atoms with Gasteiger partial charge < -0.3 is 10.2 Å². The van der Waals surface area contributed by atoms with Crippen LogP contribution in [0.3, 0.4) is 0 Å². The Labute approximate surface area is 214 Å². The summed E-state index contributed by atoms with van der Waals surface area (Å²) in [6.07, 6.45) is 1.53. The number of hydrogen-bond donors (Lipinski definition) is 1. The van der Waals surface area contributed by atoms with Gasteiger partial charge in [0.15, 0.2) is 0 Å². The van der Waals surface area contributed by atoms with Gasteiger partial charge in [0, 0.05) is 31.1 Å². The first-order valence-corrected chi connectivity index (χ1v) is 14.0.